The van der Waals surface area contributed by atoms with E-state index in [1.54, 1.807) is 0 Å². The molecule has 0 bridgehead atoms. The molecule has 3 heteroatoms. The molecule has 1 aliphatic heterocycles. The molecule has 0 aliphatic carbocycles. The molecule has 0 aromatic carbocycles. The Kier molecular flexibility index (Phi) is 3.51. The number of hydrogen-bond donors (Lipinski definition) is 1. The monoisotopic (exact) mass is 215 g/mol. The van der Waals surface area contributed by atoms with Gasteiger partial charge in [0.15, 0.2) is 0 Å². The number of amides is 1. The molecule has 0 unspecified atom stereocenters. The number of hydrogen-bond acceptors (Lipinski definition) is 2. The molecule has 1 rings (SSSR count). The van der Waals surface area contributed by atoms with Crippen molar-refractivity contribution < 1.29 is 4.79 Å². The predicted molar refractivity (Wildman–Crippen MR) is 62.4 cm³/mol. The fraction of sp³-hybridized carbons (Fsp3) is 0.909. The van der Waals surface area contributed by atoms with Crippen LogP contribution in [-0.2, 0) is 4.79 Å². The zero-order valence-electron chi connectivity index (χ0n) is 9.64. The first-order valence-electron chi connectivity index (χ1n) is 5.61. The van der Waals surface area contributed by atoms with Crippen LogP contribution in [0.4, 0.5) is 0 Å². The van der Waals surface area contributed by atoms with Gasteiger partial charge < -0.3 is 5.32 Å². The smallest absolute Gasteiger partial charge is 0.237 e. The van der Waals surface area contributed by atoms with E-state index in [9.17, 15) is 4.79 Å². The van der Waals surface area contributed by atoms with E-state index < -0.39 is 0 Å². The van der Waals surface area contributed by atoms with Gasteiger partial charge in [0.1, 0.15) is 0 Å². The van der Waals surface area contributed by atoms with E-state index in [4.69, 9.17) is 0 Å². The normalized spacial score (nSPS) is 23.6. The highest BCUT2D eigenvalue weighted by molar-refractivity contribution is 8.03. The minimum Gasteiger partial charge on any atom is -0.340 e. The fourth-order valence-electron chi connectivity index (χ4n) is 2.05. The van der Waals surface area contributed by atoms with Crippen LogP contribution in [0, 0.1) is 0 Å². The SMILES string of the molecule is CCC1(CC)NC(=O)C(CC)(CC)S1. The van der Waals surface area contributed by atoms with Crippen LogP contribution in [0.2, 0.25) is 0 Å². The molecule has 2 nitrogen and oxygen atoms in total. The molecule has 0 aromatic rings. The topological polar surface area (TPSA) is 29.1 Å². The number of carbonyl (C=O) groups is 1. The van der Waals surface area contributed by atoms with Gasteiger partial charge in [0, 0.05) is 0 Å². The highest BCUT2D eigenvalue weighted by Crippen LogP contribution is 2.49. The summed E-state index contributed by atoms with van der Waals surface area (Å²) in [4.78, 5) is 12.0. The molecule has 1 N–H and O–H groups in total. The van der Waals surface area contributed by atoms with Crippen LogP contribution in [-0.4, -0.2) is 15.5 Å². The molecule has 0 atom stereocenters. The highest BCUT2D eigenvalue weighted by Gasteiger charge is 2.51. The van der Waals surface area contributed by atoms with Crippen LogP contribution in [0.15, 0.2) is 0 Å². The van der Waals surface area contributed by atoms with Crippen molar-refractivity contribution in [2.75, 3.05) is 0 Å². The third-order valence-electron chi connectivity index (χ3n) is 3.43. The quantitative estimate of drug-likeness (QED) is 0.781. The van der Waals surface area contributed by atoms with E-state index >= 15 is 0 Å². The summed E-state index contributed by atoms with van der Waals surface area (Å²) in [5.41, 5.74) is 0. The van der Waals surface area contributed by atoms with Crippen molar-refractivity contribution in [3.05, 3.63) is 0 Å². The van der Waals surface area contributed by atoms with Gasteiger partial charge in [-0.15, -0.1) is 11.8 Å². The zero-order valence-corrected chi connectivity index (χ0v) is 10.5. The first-order chi connectivity index (χ1) is 6.58. The van der Waals surface area contributed by atoms with E-state index in [0.717, 1.165) is 25.7 Å². The van der Waals surface area contributed by atoms with E-state index in [-0.39, 0.29) is 15.5 Å². The van der Waals surface area contributed by atoms with Crippen molar-refractivity contribution in [2.24, 2.45) is 0 Å². The van der Waals surface area contributed by atoms with Crippen molar-refractivity contribution in [1.29, 1.82) is 0 Å². The van der Waals surface area contributed by atoms with E-state index in [0.29, 0.717) is 0 Å². The minimum absolute atomic E-state index is 0.00308. The maximum Gasteiger partial charge on any atom is 0.237 e. The van der Waals surface area contributed by atoms with Gasteiger partial charge in [0.05, 0.1) is 9.62 Å². The minimum atomic E-state index is -0.161. The van der Waals surface area contributed by atoms with Crippen molar-refractivity contribution in [1.82, 2.24) is 5.32 Å². The summed E-state index contributed by atoms with van der Waals surface area (Å²) in [5.74, 6) is 0.246. The molecule has 1 saturated heterocycles. The highest BCUT2D eigenvalue weighted by atomic mass is 32.2. The first-order valence-corrected chi connectivity index (χ1v) is 6.42. The second-order valence-corrected chi connectivity index (χ2v) is 5.73. The van der Waals surface area contributed by atoms with Crippen molar-refractivity contribution in [3.8, 4) is 0 Å². The maximum atomic E-state index is 12.0. The van der Waals surface area contributed by atoms with Gasteiger partial charge >= 0.3 is 0 Å². The lowest BCUT2D eigenvalue weighted by atomic mass is 10.0. The van der Waals surface area contributed by atoms with Crippen molar-refractivity contribution >= 4 is 17.7 Å². The average molecular weight is 215 g/mol. The third-order valence-corrected chi connectivity index (χ3v) is 5.65. The number of carbonyl (C=O) groups excluding carboxylic acids is 1. The molecule has 1 aliphatic rings. The number of nitrogens with one attached hydrogen (secondary N) is 1. The van der Waals surface area contributed by atoms with Crippen molar-refractivity contribution in [2.45, 2.75) is 63.0 Å². The molecular weight excluding hydrogens is 194 g/mol. The summed E-state index contributed by atoms with van der Waals surface area (Å²) >= 11 is 1.85. The van der Waals surface area contributed by atoms with Crippen LogP contribution >= 0.6 is 11.8 Å². The van der Waals surface area contributed by atoms with E-state index in [1.165, 1.54) is 0 Å². The Bertz CT molecular complexity index is 219. The van der Waals surface area contributed by atoms with E-state index in [2.05, 4.69) is 33.0 Å². The predicted octanol–water partition coefficient (Wildman–Crippen LogP) is 2.92. The van der Waals surface area contributed by atoms with Crippen LogP contribution in [0.3, 0.4) is 0 Å². The average Bonchev–Trinajstić information content (AvgIpc) is 2.53. The summed E-state index contributed by atoms with van der Waals surface area (Å²) in [7, 11) is 0. The Hall–Kier alpha value is -0.180. The summed E-state index contributed by atoms with van der Waals surface area (Å²) in [6, 6.07) is 0. The summed E-state index contributed by atoms with van der Waals surface area (Å²) in [6.07, 6.45) is 3.90. The van der Waals surface area contributed by atoms with Crippen LogP contribution in [0.5, 0.6) is 0 Å². The lowest BCUT2D eigenvalue weighted by molar-refractivity contribution is -0.123. The van der Waals surface area contributed by atoms with Crippen LogP contribution in [0.1, 0.15) is 53.4 Å². The lowest BCUT2D eigenvalue weighted by Gasteiger charge is -2.28. The van der Waals surface area contributed by atoms with E-state index in [1.807, 2.05) is 11.8 Å². The molecule has 0 saturated carbocycles. The maximum absolute atomic E-state index is 12.0. The number of thioether (sulfide) groups is 1. The second-order valence-electron chi connectivity index (χ2n) is 3.96. The largest absolute Gasteiger partial charge is 0.340 e. The van der Waals surface area contributed by atoms with Gasteiger partial charge in [0.25, 0.3) is 0 Å². The zero-order chi connectivity index (χ0) is 10.8. The summed E-state index contributed by atoms with van der Waals surface area (Å²) < 4.78 is -0.161. The van der Waals surface area contributed by atoms with Gasteiger partial charge in [-0.1, -0.05) is 27.7 Å². The van der Waals surface area contributed by atoms with Gasteiger partial charge in [-0.3, -0.25) is 4.79 Å². The number of rotatable bonds is 4. The molecule has 1 heterocycles. The van der Waals surface area contributed by atoms with Crippen LogP contribution < -0.4 is 5.32 Å². The molecule has 1 amide bonds. The van der Waals surface area contributed by atoms with Gasteiger partial charge in [-0.2, -0.15) is 0 Å². The molecule has 0 spiro atoms. The molecule has 82 valence electrons. The van der Waals surface area contributed by atoms with Crippen LogP contribution in [0.25, 0.3) is 0 Å². The Morgan fingerprint density at radius 1 is 1.07 bits per heavy atom. The molecule has 1 fully saturated rings. The van der Waals surface area contributed by atoms with Gasteiger partial charge in [-0.05, 0) is 25.7 Å². The second kappa shape index (κ2) is 4.13. The summed E-state index contributed by atoms with van der Waals surface area (Å²) in [5, 5.41) is 3.18. The Balaban J connectivity index is 2.91. The Morgan fingerprint density at radius 3 is 1.79 bits per heavy atom. The third kappa shape index (κ3) is 1.67. The molecule has 0 radical (unpaired) electrons. The van der Waals surface area contributed by atoms with Crippen molar-refractivity contribution in [3.63, 3.8) is 0 Å². The van der Waals surface area contributed by atoms with Gasteiger partial charge in [-0.25, -0.2) is 0 Å². The fourth-order valence-corrected chi connectivity index (χ4v) is 3.67. The Morgan fingerprint density at radius 2 is 1.57 bits per heavy atom. The Labute approximate surface area is 91.2 Å². The first kappa shape index (κ1) is 11.9. The standard InChI is InChI=1S/C11H21NOS/c1-5-10(6-2)9(13)12-11(7-3,8-4)14-10/h5-8H2,1-4H3,(H,12,13). The molecular formula is C11H21NOS. The lowest BCUT2D eigenvalue weighted by Crippen LogP contribution is -2.40. The summed E-state index contributed by atoms with van der Waals surface area (Å²) in [6.45, 7) is 8.52. The molecule has 0 aromatic heterocycles. The molecule has 14 heavy (non-hydrogen) atoms. The van der Waals surface area contributed by atoms with Gasteiger partial charge in [0.2, 0.25) is 5.91 Å².